The molecule has 0 unspecified atom stereocenters. The fourth-order valence-electron chi connectivity index (χ4n) is 5.29. The number of fused-ring (bicyclic) bond motifs is 2. The van der Waals surface area contributed by atoms with E-state index in [0.717, 1.165) is 16.8 Å². The lowest BCUT2D eigenvalue weighted by Crippen LogP contribution is -2.36. The molecule has 5 rings (SSSR count). The Kier molecular flexibility index (Phi) is 5.20. The summed E-state index contributed by atoms with van der Waals surface area (Å²) in [5, 5.41) is 24.8. The number of halogens is 1. The molecule has 0 radical (unpaired) electrons. The smallest absolute Gasteiger partial charge is 0.224 e. The van der Waals surface area contributed by atoms with Crippen molar-refractivity contribution in [2.45, 2.75) is 43.5 Å². The molecule has 0 aromatic heterocycles. The molecule has 6 nitrogen and oxygen atoms in total. The fraction of sp³-hybridized carbons (Fsp3) is 0.458. The van der Waals surface area contributed by atoms with Crippen LogP contribution in [0, 0.1) is 11.7 Å². The Morgan fingerprint density at radius 3 is 2.90 bits per heavy atom. The molecule has 1 aliphatic carbocycles. The topological polar surface area (TPSA) is 82.0 Å². The Hall–Kier alpha value is -2.48. The maximum Gasteiger partial charge on any atom is 0.224 e. The summed E-state index contributed by atoms with van der Waals surface area (Å²) in [4.78, 5) is 13.6. The minimum Gasteiger partial charge on any atom is -0.487 e. The molecular weight excluding hydrogens is 399 g/mol. The van der Waals surface area contributed by atoms with Gasteiger partial charge in [0.1, 0.15) is 6.10 Å². The third-order valence-corrected chi connectivity index (χ3v) is 6.84. The quantitative estimate of drug-likeness (QED) is 0.685. The minimum atomic E-state index is -0.879. The van der Waals surface area contributed by atoms with Gasteiger partial charge in [-0.1, -0.05) is 24.3 Å². The van der Waals surface area contributed by atoms with Gasteiger partial charge in [0.2, 0.25) is 5.91 Å². The Labute approximate surface area is 180 Å². The predicted molar refractivity (Wildman–Crippen MR) is 113 cm³/mol. The Bertz CT molecular complexity index is 999. The van der Waals surface area contributed by atoms with Crippen LogP contribution in [0.5, 0.6) is 5.75 Å². The number of nitrogens with zero attached hydrogens (tertiary/aromatic N) is 1. The monoisotopic (exact) mass is 426 g/mol. The average molecular weight is 426 g/mol. The number of likely N-dealkylation sites (tertiary alicyclic amines) is 1. The summed E-state index contributed by atoms with van der Waals surface area (Å²) >= 11 is 0. The molecule has 2 heterocycles. The number of carbonyl (C=O) groups is 1. The summed E-state index contributed by atoms with van der Waals surface area (Å²) < 4.78 is 19.7. The van der Waals surface area contributed by atoms with Gasteiger partial charge in [0, 0.05) is 44.1 Å². The van der Waals surface area contributed by atoms with Crippen LogP contribution in [0.2, 0.25) is 0 Å². The zero-order valence-corrected chi connectivity index (χ0v) is 17.3. The number of carbonyl (C=O) groups excluding carboxylic acids is 1. The first-order chi connectivity index (χ1) is 14.9. The highest BCUT2D eigenvalue weighted by Crippen LogP contribution is 2.43. The number of anilines is 1. The fourth-order valence-corrected chi connectivity index (χ4v) is 5.29. The molecule has 4 atom stereocenters. The van der Waals surface area contributed by atoms with Gasteiger partial charge in [-0.05, 0) is 42.2 Å². The van der Waals surface area contributed by atoms with E-state index in [1.165, 1.54) is 6.07 Å². The lowest BCUT2D eigenvalue weighted by atomic mass is 9.95. The van der Waals surface area contributed by atoms with Crippen molar-refractivity contribution >= 4 is 11.6 Å². The first-order valence-electron chi connectivity index (χ1n) is 10.9. The molecule has 1 saturated heterocycles. The van der Waals surface area contributed by atoms with E-state index in [-0.39, 0.29) is 29.5 Å². The molecule has 0 spiro atoms. The molecule has 3 aliphatic rings. The van der Waals surface area contributed by atoms with Gasteiger partial charge in [-0.2, -0.15) is 0 Å². The number of para-hydroxylation sites is 1. The minimum absolute atomic E-state index is 0.0231. The molecule has 3 N–H and O–H groups in total. The van der Waals surface area contributed by atoms with Crippen molar-refractivity contribution < 1.29 is 24.1 Å². The number of aliphatic hydroxyl groups excluding tert-OH is 1. The number of aryl methyl sites for hydroxylation is 1. The van der Waals surface area contributed by atoms with E-state index in [1.807, 2.05) is 18.2 Å². The second-order valence-corrected chi connectivity index (χ2v) is 9.09. The number of hydrogen-bond donors (Lipinski definition) is 3. The van der Waals surface area contributed by atoms with Crippen LogP contribution in [0.15, 0.2) is 42.5 Å². The predicted octanol–water partition coefficient (Wildman–Crippen LogP) is 2.65. The molecule has 2 aliphatic heterocycles. The van der Waals surface area contributed by atoms with E-state index >= 15 is 0 Å². The van der Waals surface area contributed by atoms with Gasteiger partial charge in [0.05, 0.1) is 11.7 Å². The van der Waals surface area contributed by atoms with Crippen LogP contribution in [0.3, 0.4) is 0 Å². The first-order valence-corrected chi connectivity index (χ1v) is 10.9. The zero-order chi connectivity index (χ0) is 21.6. The van der Waals surface area contributed by atoms with Crippen molar-refractivity contribution in [3.63, 3.8) is 0 Å². The number of benzene rings is 2. The van der Waals surface area contributed by atoms with E-state index in [0.29, 0.717) is 45.3 Å². The number of amides is 1. The summed E-state index contributed by atoms with van der Waals surface area (Å²) in [6.07, 6.45) is 1.37. The third-order valence-electron chi connectivity index (χ3n) is 6.84. The van der Waals surface area contributed by atoms with Crippen molar-refractivity contribution in [3.05, 3.63) is 59.4 Å². The maximum absolute atomic E-state index is 13.9. The van der Waals surface area contributed by atoms with Crippen molar-refractivity contribution in [2.24, 2.45) is 5.92 Å². The lowest BCUT2D eigenvalue weighted by Gasteiger charge is -2.25. The number of ether oxygens (including phenoxy) is 1. The van der Waals surface area contributed by atoms with Gasteiger partial charge in [0.15, 0.2) is 11.6 Å². The molecule has 1 amide bonds. The molecule has 7 heteroatoms. The largest absolute Gasteiger partial charge is 0.487 e. The highest BCUT2D eigenvalue weighted by molar-refractivity contribution is 5.93. The Morgan fingerprint density at radius 1 is 1.26 bits per heavy atom. The van der Waals surface area contributed by atoms with Crippen molar-refractivity contribution in [2.75, 3.05) is 25.0 Å². The van der Waals surface area contributed by atoms with Crippen molar-refractivity contribution in [1.29, 1.82) is 0 Å². The van der Waals surface area contributed by atoms with Crippen LogP contribution in [0.1, 0.15) is 36.5 Å². The number of aliphatic hydroxyl groups is 2. The van der Waals surface area contributed by atoms with E-state index in [1.54, 1.807) is 18.2 Å². The SMILES string of the molecule is O=C1CCc2cc([C@@H](O)CN3C[C@H]4C[C@H](Oc5ccccc5F)C[C@@]4(O)C3)ccc2N1. The molecule has 2 fully saturated rings. The standard InChI is InChI=1S/C24H27FN2O4/c25-19-3-1-2-4-22(19)31-18-10-17-12-27(14-24(17,30)11-18)13-21(28)16-5-7-20-15(9-16)6-8-23(29)26-20/h1-5,7,9,17-18,21,28,30H,6,8,10-14H2,(H,26,29)/t17-,18+,21+,24-/m1/s1. The lowest BCUT2D eigenvalue weighted by molar-refractivity contribution is -0.116. The van der Waals surface area contributed by atoms with Gasteiger partial charge in [-0.25, -0.2) is 4.39 Å². The summed E-state index contributed by atoms with van der Waals surface area (Å²) in [5.41, 5.74) is 1.80. The van der Waals surface area contributed by atoms with E-state index in [4.69, 9.17) is 4.74 Å². The van der Waals surface area contributed by atoms with E-state index in [2.05, 4.69) is 10.2 Å². The molecular formula is C24H27FN2O4. The highest BCUT2D eigenvalue weighted by Gasteiger charge is 2.52. The average Bonchev–Trinajstić information content (AvgIpc) is 3.19. The van der Waals surface area contributed by atoms with Crippen LogP contribution >= 0.6 is 0 Å². The Morgan fingerprint density at radius 2 is 2.10 bits per heavy atom. The Balaban J connectivity index is 1.19. The van der Waals surface area contributed by atoms with Crippen molar-refractivity contribution in [1.82, 2.24) is 4.90 Å². The van der Waals surface area contributed by atoms with Crippen LogP contribution in [-0.2, 0) is 11.2 Å². The molecule has 1 saturated carbocycles. The normalized spacial score (nSPS) is 28.7. The van der Waals surface area contributed by atoms with E-state index in [9.17, 15) is 19.4 Å². The second-order valence-electron chi connectivity index (χ2n) is 9.09. The number of nitrogens with one attached hydrogen (secondary N) is 1. The van der Waals surface area contributed by atoms with Crippen LogP contribution in [0.4, 0.5) is 10.1 Å². The van der Waals surface area contributed by atoms with Crippen LogP contribution < -0.4 is 10.1 Å². The number of rotatable bonds is 5. The molecule has 164 valence electrons. The summed E-state index contributed by atoms with van der Waals surface area (Å²) in [5.74, 6) is -0.0991. The van der Waals surface area contributed by atoms with Gasteiger partial charge in [-0.15, -0.1) is 0 Å². The summed E-state index contributed by atoms with van der Waals surface area (Å²) in [6.45, 7) is 1.57. The number of hydrogen-bond acceptors (Lipinski definition) is 5. The van der Waals surface area contributed by atoms with Gasteiger partial charge >= 0.3 is 0 Å². The van der Waals surface area contributed by atoms with Gasteiger partial charge in [0.25, 0.3) is 0 Å². The summed E-state index contributed by atoms with van der Waals surface area (Å²) in [6, 6.07) is 12.0. The zero-order valence-electron chi connectivity index (χ0n) is 17.3. The second kappa shape index (κ2) is 7.89. The van der Waals surface area contributed by atoms with Crippen molar-refractivity contribution in [3.8, 4) is 5.75 Å². The van der Waals surface area contributed by atoms with Crippen LogP contribution in [0.25, 0.3) is 0 Å². The molecule has 0 bridgehead atoms. The van der Waals surface area contributed by atoms with Gasteiger partial charge in [-0.3, -0.25) is 9.69 Å². The first kappa shape index (κ1) is 20.4. The number of β-amino-alcohol motifs (C(OH)–C–C–N with tert-alkyl or cyclic N) is 2. The van der Waals surface area contributed by atoms with E-state index < -0.39 is 11.7 Å². The maximum atomic E-state index is 13.9. The van der Waals surface area contributed by atoms with Crippen LogP contribution in [-0.4, -0.2) is 52.4 Å². The third kappa shape index (κ3) is 4.05. The summed E-state index contributed by atoms with van der Waals surface area (Å²) in [7, 11) is 0. The molecule has 31 heavy (non-hydrogen) atoms. The highest BCUT2D eigenvalue weighted by atomic mass is 19.1. The molecule has 2 aromatic rings. The molecule has 2 aromatic carbocycles. The van der Waals surface area contributed by atoms with Gasteiger partial charge < -0.3 is 20.3 Å².